The summed E-state index contributed by atoms with van der Waals surface area (Å²) in [5, 5.41) is 0. The molecule has 1 fully saturated rings. The van der Waals surface area contributed by atoms with Crippen molar-refractivity contribution in [3.05, 3.63) is 35.6 Å². The van der Waals surface area contributed by atoms with Crippen LogP contribution in [0, 0.1) is 5.82 Å². The second-order valence-corrected chi connectivity index (χ2v) is 4.78. The predicted octanol–water partition coefficient (Wildman–Crippen LogP) is 3.86. The lowest BCUT2D eigenvalue weighted by Crippen LogP contribution is -2.04. The fourth-order valence-corrected chi connectivity index (χ4v) is 2.92. The fraction of sp³-hybridized carbons (Fsp3) is 0.455. The van der Waals surface area contributed by atoms with Gasteiger partial charge >= 0.3 is 0 Å². The van der Waals surface area contributed by atoms with E-state index in [2.05, 4.69) is 15.9 Å². The van der Waals surface area contributed by atoms with Crippen LogP contribution in [0.1, 0.15) is 30.7 Å². The van der Waals surface area contributed by atoms with Crippen LogP contribution in [0.4, 0.5) is 4.39 Å². The largest absolute Gasteiger partial charge is 0.207 e. The molecule has 2 rings (SSSR count). The van der Waals surface area contributed by atoms with E-state index in [1.54, 1.807) is 12.1 Å². The molecule has 0 amide bonds. The monoisotopic (exact) mass is 242 g/mol. The molecular formula is C11H12BrF. The molecule has 0 nitrogen and oxygen atoms in total. The lowest BCUT2D eigenvalue weighted by Gasteiger charge is -2.13. The zero-order valence-electron chi connectivity index (χ0n) is 7.34. The van der Waals surface area contributed by atoms with E-state index in [0.29, 0.717) is 10.7 Å². The maximum absolute atomic E-state index is 12.9. The first-order chi connectivity index (χ1) is 6.27. The van der Waals surface area contributed by atoms with Gasteiger partial charge in [-0.15, -0.1) is 0 Å². The summed E-state index contributed by atoms with van der Waals surface area (Å²) in [4.78, 5) is 0.536. The summed E-state index contributed by atoms with van der Waals surface area (Å²) in [6, 6.07) is 6.97. The van der Waals surface area contributed by atoms with Crippen molar-refractivity contribution >= 4 is 15.9 Å². The van der Waals surface area contributed by atoms with E-state index in [9.17, 15) is 4.39 Å². The van der Waals surface area contributed by atoms with E-state index in [1.165, 1.54) is 25.3 Å². The number of hydrogen-bond donors (Lipinski definition) is 0. The summed E-state index contributed by atoms with van der Waals surface area (Å²) >= 11 is 3.64. The Kier molecular flexibility index (Phi) is 2.68. The standard InChI is InChI=1S/C11H12BrF/c12-11-6-2-5-10(11)8-3-1-4-9(13)7-8/h1,3-4,7,10-11H,2,5-6H2. The molecule has 13 heavy (non-hydrogen) atoms. The van der Waals surface area contributed by atoms with E-state index in [-0.39, 0.29) is 5.82 Å². The van der Waals surface area contributed by atoms with Crippen LogP contribution in [0.25, 0.3) is 0 Å². The van der Waals surface area contributed by atoms with Crippen LogP contribution < -0.4 is 0 Å². The Bertz CT molecular complexity index is 298. The van der Waals surface area contributed by atoms with Gasteiger partial charge in [-0.2, -0.15) is 0 Å². The maximum Gasteiger partial charge on any atom is 0.123 e. The highest BCUT2D eigenvalue weighted by molar-refractivity contribution is 9.09. The van der Waals surface area contributed by atoms with Gasteiger partial charge in [0.05, 0.1) is 0 Å². The van der Waals surface area contributed by atoms with Crippen molar-refractivity contribution in [2.75, 3.05) is 0 Å². The molecule has 2 heteroatoms. The summed E-state index contributed by atoms with van der Waals surface area (Å²) < 4.78 is 12.9. The lowest BCUT2D eigenvalue weighted by atomic mass is 9.98. The average Bonchev–Trinajstić information content (AvgIpc) is 2.51. The Morgan fingerprint density at radius 3 is 2.77 bits per heavy atom. The molecular weight excluding hydrogens is 231 g/mol. The lowest BCUT2D eigenvalue weighted by molar-refractivity contribution is 0.620. The second kappa shape index (κ2) is 3.79. The van der Waals surface area contributed by atoms with Crippen LogP contribution in [0.5, 0.6) is 0 Å². The van der Waals surface area contributed by atoms with Gasteiger partial charge in [-0.05, 0) is 36.5 Å². The molecule has 2 unspecified atom stereocenters. The van der Waals surface area contributed by atoms with E-state index in [4.69, 9.17) is 0 Å². The summed E-state index contributed by atoms with van der Waals surface area (Å²) in [6.07, 6.45) is 3.64. The van der Waals surface area contributed by atoms with Crippen LogP contribution >= 0.6 is 15.9 Å². The van der Waals surface area contributed by atoms with Crippen LogP contribution in [-0.4, -0.2) is 4.83 Å². The molecule has 1 saturated carbocycles. The number of rotatable bonds is 1. The first kappa shape index (κ1) is 9.20. The molecule has 0 aliphatic heterocycles. The smallest absolute Gasteiger partial charge is 0.123 e. The minimum atomic E-state index is -0.121. The minimum Gasteiger partial charge on any atom is -0.207 e. The van der Waals surface area contributed by atoms with Gasteiger partial charge in [0.15, 0.2) is 0 Å². The quantitative estimate of drug-likeness (QED) is 0.657. The zero-order valence-corrected chi connectivity index (χ0v) is 8.93. The highest BCUT2D eigenvalue weighted by atomic mass is 79.9. The third-order valence-electron chi connectivity index (χ3n) is 2.71. The molecule has 0 aromatic heterocycles. The van der Waals surface area contributed by atoms with Crippen molar-refractivity contribution in [2.24, 2.45) is 0 Å². The molecule has 0 heterocycles. The Morgan fingerprint density at radius 2 is 2.15 bits per heavy atom. The molecule has 0 saturated heterocycles. The van der Waals surface area contributed by atoms with E-state index < -0.39 is 0 Å². The van der Waals surface area contributed by atoms with Crippen LogP contribution in [-0.2, 0) is 0 Å². The van der Waals surface area contributed by atoms with Crippen LogP contribution in [0.15, 0.2) is 24.3 Å². The van der Waals surface area contributed by atoms with E-state index in [1.807, 2.05) is 6.07 Å². The van der Waals surface area contributed by atoms with E-state index >= 15 is 0 Å². The van der Waals surface area contributed by atoms with Gasteiger partial charge in [0.1, 0.15) is 5.82 Å². The Morgan fingerprint density at radius 1 is 1.31 bits per heavy atom. The van der Waals surface area contributed by atoms with Crippen LogP contribution in [0.3, 0.4) is 0 Å². The Hall–Kier alpha value is -0.370. The minimum absolute atomic E-state index is 0.121. The number of alkyl halides is 1. The van der Waals surface area contributed by atoms with Crippen molar-refractivity contribution in [1.82, 2.24) is 0 Å². The highest BCUT2D eigenvalue weighted by Crippen LogP contribution is 2.39. The molecule has 1 aromatic carbocycles. The van der Waals surface area contributed by atoms with Crippen molar-refractivity contribution < 1.29 is 4.39 Å². The summed E-state index contributed by atoms with van der Waals surface area (Å²) in [6.45, 7) is 0. The third kappa shape index (κ3) is 1.93. The molecule has 1 aliphatic carbocycles. The predicted molar refractivity (Wildman–Crippen MR) is 55.7 cm³/mol. The average molecular weight is 243 g/mol. The third-order valence-corrected chi connectivity index (χ3v) is 3.80. The molecule has 2 atom stereocenters. The van der Waals surface area contributed by atoms with Gasteiger partial charge < -0.3 is 0 Å². The molecule has 70 valence electrons. The fourth-order valence-electron chi connectivity index (χ4n) is 2.03. The van der Waals surface area contributed by atoms with E-state index in [0.717, 1.165) is 5.56 Å². The maximum atomic E-state index is 12.9. The normalized spacial score (nSPS) is 27.8. The number of benzene rings is 1. The SMILES string of the molecule is Fc1cccc(C2CCCC2Br)c1. The van der Waals surface area contributed by atoms with Gasteiger partial charge in [-0.25, -0.2) is 4.39 Å². The van der Waals surface area contributed by atoms with Gasteiger partial charge in [-0.3, -0.25) is 0 Å². The van der Waals surface area contributed by atoms with Gasteiger partial charge in [0, 0.05) is 4.83 Å². The second-order valence-electron chi connectivity index (χ2n) is 3.61. The van der Waals surface area contributed by atoms with Crippen molar-refractivity contribution in [3.63, 3.8) is 0 Å². The molecule has 1 aromatic rings. The van der Waals surface area contributed by atoms with Crippen LogP contribution in [0.2, 0.25) is 0 Å². The number of halogens is 2. The topological polar surface area (TPSA) is 0 Å². The Balaban J connectivity index is 2.24. The van der Waals surface area contributed by atoms with Gasteiger partial charge in [0.25, 0.3) is 0 Å². The molecule has 0 spiro atoms. The van der Waals surface area contributed by atoms with Crippen molar-refractivity contribution in [1.29, 1.82) is 0 Å². The summed E-state index contributed by atoms with van der Waals surface area (Å²) in [5.74, 6) is 0.389. The zero-order chi connectivity index (χ0) is 9.26. The molecule has 0 bridgehead atoms. The van der Waals surface area contributed by atoms with Crippen molar-refractivity contribution in [3.8, 4) is 0 Å². The molecule has 0 N–H and O–H groups in total. The summed E-state index contributed by atoms with van der Waals surface area (Å²) in [5.41, 5.74) is 1.14. The highest BCUT2D eigenvalue weighted by Gasteiger charge is 2.26. The first-order valence-corrected chi connectivity index (χ1v) is 5.58. The molecule has 1 aliphatic rings. The number of hydrogen-bond acceptors (Lipinski definition) is 0. The van der Waals surface area contributed by atoms with Gasteiger partial charge in [0.2, 0.25) is 0 Å². The Labute approximate surface area is 86.3 Å². The first-order valence-electron chi connectivity index (χ1n) is 4.67. The van der Waals surface area contributed by atoms with Crippen molar-refractivity contribution in [2.45, 2.75) is 30.0 Å². The van der Waals surface area contributed by atoms with Gasteiger partial charge in [-0.1, -0.05) is 34.5 Å². The molecule has 0 radical (unpaired) electrons. The summed E-state index contributed by atoms with van der Waals surface area (Å²) in [7, 11) is 0.